The van der Waals surface area contributed by atoms with Crippen molar-refractivity contribution in [1.29, 1.82) is 5.26 Å². The van der Waals surface area contributed by atoms with Crippen molar-refractivity contribution in [2.45, 2.75) is 18.3 Å². The first kappa shape index (κ1) is 14.6. The van der Waals surface area contributed by atoms with Crippen molar-refractivity contribution in [3.8, 4) is 17.2 Å². The van der Waals surface area contributed by atoms with E-state index in [2.05, 4.69) is 6.07 Å². The molecule has 0 spiro atoms. The van der Waals surface area contributed by atoms with Crippen LogP contribution in [0.3, 0.4) is 0 Å². The highest BCUT2D eigenvalue weighted by atomic mass is 35.5. The average molecular weight is 316 g/mol. The first-order valence-corrected chi connectivity index (χ1v) is 7.08. The van der Waals surface area contributed by atoms with Crippen LogP contribution >= 0.6 is 11.6 Å². The summed E-state index contributed by atoms with van der Waals surface area (Å²) >= 11 is 5.96. The van der Waals surface area contributed by atoms with Gasteiger partial charge in [0.15, 0.2) is 0 Å². The molecule has 1 aliphatic carbocycles. The summed E-state index contributed by atoms with van der Waals surface area (Å²) in [7, 11) is 0. The number of carbonyl (C=O) groups is 1. The number of hydrogen-bond donors (Lipinski definition) is 1. The maximum absolute atomic E-state index is 13.9. The Balaban J connectivity index is 2.08. The zero-order valence-corrected chi connectivity index (χ0v) is 12.2. The highest BCUT2D eigenvalue weighted by molar-refractivity contribution is 6.33. The molecule has 0 radical (unpaired) electrons. The Kier molecular flexibility index (Phi) is 3.38. The summed E-state index contributed by atoms with van der Waals surface area (Å²) in [5.74, 6) is -1.54. The highest BCUT2D eigenvalue weighted by Crippen LogP contribution is 2.48. The lowest BCUT2D eigenvalue weighted by molar-refractivity contribution is 0.0697. The average Bonchev–Trinajstić information content (AvgIpc) is 3.27. The van der Waals surface area contributed by atoms with Crippen LogP contribution in [0, 0.1) is 17.1 Å². The maximum Gasteiger partial charge on any atom is 0.337 e. The predicted molar refractivity (Wildman–Crippen MR) is 80.3 cm³/mol. The van der Waals surface area contributed by atoms with Gasteiger partial charge in [-0.05, 0) is 59.9 Å². The van der Waals surface area contributed by atoms with Gasteiger partial charge in [-0.3, -0.25) is 0 Å². The van der Waals surface area contributed by atoms with E-state index in [1.165, 1.54) is 24.3 Å². The van der Waals surface area contributed by atoms with Crippen LogP contribution in [0.25, 0.3) is 11.1 Å². The molecule has 1 fully saturated rings. The minimum atomic E-state index is -1.11. The zero-order chi connectivity index (χ0) is 15.9. The number of aromatic carboxylic acids is 1. The minimum Gasteiger partial charge on any atom is -0.478 e. The second-order valence-electron chi connectivity index (χ2n) is 5.42. The summed E-state index contributed by atoms with van der Waals surface area (Å²) in [5.41, 5.74) is 1.27. The van der Waals surface area contributed by atoms with Crippen LogP contribution in [0.4, 0.5) is 4.39 Å². The first-order chi connectivity index (χ1) is 10.4. The zero-order valence-electron chi connectivity index (χ0n) is 11.4. The molecule has 0 heterocycles. The first-order valence-electron chi connectivity index (χ1n) is 6.71. The van der Waals surface area contributed by atoms with Crippen molar-refractivity contribution < 1.29 is 14.3 Å². The topological polar surface area (TPSA) is 61.1 Å². The Morgan fingerprint density at radius 3 is 2.50 bits per heavy atom. The fourth-order valence-electron chi connectivity index (χ4n) is 2.49. The van der Waals surface area contributed by atoms with E-state index in [4.69, 9.17) is 16.7 Å². The number of nitriles is 1. The van der Waals surface area contributed by atoms with Crippen molar-refractivity contribution in [1.82, 2.24) is 0 Å². The van der Waals surface area contributed by atoms with Crippen LogP contribution in [0.15, 0.2) is 36.4 Å². The van der Waals surface area contributed by atoms with Gasteiger partial charge in [0.25, 0.3) is 0 Å². The number of benzene rings is 2. The molecule has 0 aromatic heterocycles. The van der Waals surface area contributed by atoms with E-state index in [0.717, 1.165) is 12.8 Å². The molecular weight excluding hydrogens is 305 g/mol. The van der Waals surface area contributed by atoms with Crippen molar-refractivity contribution in [3.05, 3.63) is 58.4 Å². The summed E-state index contributed by atoms with van der Waals surface area (Å²) in [4.78, 5) is 11.0. The number of nitrogens with zero attached hydrogens (tertiary/aromatic N) is 1. The third-order valence-electron chi connectivity index (χ3n) is 3.95. The van der Waals surface area contributed by atoms with E-state index in [1.54, 1.807) is 12.1 Å². The van der Waals surface area contributed by atoms with Crippen molar-refractivity contribution >= 4 is 17.6 Å². The molecular formula is C17H11ClFNO2. The molecule has 2 aromatic rings. The van der Waals surface area contributed by atoms with E-state index in [-0.39, 0.29) is 10.6 Å². The van der Waals surface area contributed by atoms with Crippen LogP contribution in [-0.4, -0.2) is 11.1 Å². The van der Waals surface area contributed by atoms with Gasteiger partial charge < -0.3 is 5.11 Å². The quantitative estimate of drug-likeness (QED) is 0.913. The van der Waals surface area contributed by atoms with E-state index < -0.39 is 17.2 Å². The smallest absolute Gasteiger partial charge is 0.337 e. The molecule has 3 nitrogen and oxygen atoms in total. The number of hydrogen-bond acceptors (Lipinski definition) is 2. The number of carboxylic acid groups (broad SMARTS) is 1. The molecule has 22 heavy (non-hydrogen) atoms. The van der Waals surface area contributed by atoms with Crippen LogP contribution in [0.2, 0.25) is 5.02 Å². The number of halogens is 2. The van der Waals surface area contributed by atoms with E-state index >= 15 is 0 Å². The minimum absolute atomic E-state index is 0.00210. The molecule has 1 aliphatic rings. The van der Waals surface area contributed by atoms with Gasteiger partial charge in [-0.2, -0.15) is 5.26 Å². The van der Waals surface area contributed by atoms with Gasteiger partial charge >= 0.3 is 5.97 Å². The van der Waals surface area contributed by atoms with Gasteiger partial charge in [0.1, 0.15) is 5.82 Å². The fraction of sp³-hybridized carbons (Fsp3) is 0.176. The van der Waals surface area contributed by atoms with Gasteiger partial charge in [-0.1, -0.05) is 17.7 Å². The Bertz CT molecular complexity index is 822. The lowest BCUT2D eigenvalue weighted by Gasteiger charge is -2.11. The molecule has 3 rings (SSSR count). The Labute approximate surface area is 131 Å². The van der Waals surface area contributed by atoms with Crippen molar-refractivity contribution in [2.75, 3.05) is 0 Å². The highest BCUT2D eigenvalue weighted by Gasteiger charge is 2.45. The third-order valence-corrected chi connectivity index (χ3v) is 4.26. The SMILES string of the molecule is N#CC1(c2cc(F)cc(-c3ccc(C(=O)O)c(Cl)c3)c2)CC1. The fourth-order valence-corrected chi connectivity index (χ4v) is 2.75. The summed E-state index contributed by atoms with van der Waals surface area (Å²) in [5, 5.41) is 18.3. The van der Waals surface area contributed by atoms with Gasteiger partial charge in [0, 0.05) is 0 Å². The van der Waals surface area contributed by atoms with Crippen molar-refractivity contribution in [2.24, 2.45) is 0 Å². The monoisotopic (exact) mass is 315 g/mol. The Morgan fingerprint density at radius 1 is 1.23 bits per heavy atom. The lowest BCUT2D eigenvalue weighted by Crippen LogP contribution is -2.03. The van der Waals surface area contributed by atoms with Gasteiger partial charge in [-0.25, -0.2) is 9.18 Å². The van der Waals surface area contributed by atoms with E-state index in [1.807, 2.05) is 0 Å². The third kappa shape index (κ3) is 2.44. The maximum atomic E-state index is 13.9. The lowest BCUT2D eigenvalue weighted by atomic mass is 9.93. The summed E-state index contributed by atoms with van der Waals surface area (Å²) in [6.07, 6.45) is 1.45. The summed E-state index contributed by atoms with van der Waals surface area (Å²) in [6.45, 7) is 0. The van der Waals surface area contributed by atoms with Crippen LogP contribution < -0.4 is 0 Å². The molecule has 0 saturated heterocycles. The molecule has 0 aliphatic heterocycles. The molecule has 0 unspecified atom stereocenters. The number of carboxylic acids is 1. The molecule has 0 bridgehead atoms. The van der Waals surface area contributed by atoms with Crippen LogP contribution in [-0.2, 0) is 5.41 Å². The summed E-state index contributed by atoms with van der Waals surface area (Å²) < 4.78 is 13.9. The predicted octanol–water partition coefficient (Wildman–Crippen LogP) is 4.40. The van der Waals surface area contributed by atoms with E-state index in [0.29, 0.717) is 16.7 Å². The normalized spacial score (nSPS) is 15.1. The molecule has 2 aromatic carbocycles. The molecule has 1 saturated carbocycles. The standard InChI is InChI=1S/C17H11ClFNO2/c18-15-7-10(1-2-14(15)16(21)22)11-5-12(8-13(19)6-11)17(9-20)3-4-17/h1-2,5-8H,3-4H2,(H,21,22). The van der Waals surface area contributed by atoms with Crippen LogP contribution in [0.5, 0.6) is 0 Å². The largest absolute Gasteiger partial charge is 0.478 e. The Hall–Kier alpha value is -2.38. The van der Waals surface area contributed by atoms with E-state index in [9.17, 15) is 14.4 Å². The molecule has 110 valence electrons. The molecule has 5 heteroatoms. The van der Waals surface area contributed by atoms with Gasteiger partial charge in [0.05, 0.1) is 22.1 Å². The molecule has 1 N–H and O–H groups in total. The van der Waals surface area contributed by atoms with Crippen molar-refractivity contribution in [3.63, 3.8) is 0 Å². The van der Waals surface area contributed by atoms with Gasteiger partial charge in [0.2, 0.25) is 0 Å². The van der Waals surface area contributed by atoms with Gasteiger partial charge in [-0.15, -0.1) is 0 Å². The Morgan fingerprint density at radius 2 is 1.95 bits per heavy atom. The van der Waals surface area contributed by atoms with Crippen LogP contribution in [0.1, 0.15) is 28.8 Å². The second-order valence-corrected chi connectivity index (χ2v) is 5.83. The second kappa shape index (κ2) is 5.11. The summed E-state index contributed by atoms with van der Waals surface area (Å²) in [6, 6.07) is 11.2. The molecule has 0 amide bonds. The number of rotatable bonds is 3. The molecule has 0 atom stereocenters.